The number of amidine groups is 1. The first-order valence-corrected chi connectivity index (χ1v) is 10.3. The average Bonchev–Trinajstić information content (AvgIpc) is 2.97. The molecule has 0 saturated carbocycles. The van der Waals surface area contributed by atoms with Crippen LogP contribution in [-0.2, 0) is 4.79 Å². The zero-order chi connectivity index (χ0) is 21.0. The van der Waals surface area contributed by atoms with Gasteiger partial charge in [-0.1, -0.05) is 43.7 Å². The molecule has 0 radical (unpaired) electrons. The van der Waals surface area contributed by atoms with Crippen molar-refractivity contribution in [3.63, 3.8) is 0 Å². The number of hydrogen-bond donors (Lipinski definition) is 0. The van der Waals surface area contributed by atoms with Gasteiger partial charge in [0.25, 0.3) is 5.91 Å². The molecule has 0 bridgehead atoms. The van der Waals surface area contributed by atoms with Crippen LogP contribution in [0.25, 0.3) is 6.08 Å². The largest absolute Gasteiger partial charge is 0.493 e. The van der Waals surface area contributed by atoms with E-state index in [1.807, 2.05) is 55.5 Å². The molecule has 2 aromatic carbocycles. The Morgan fingerprint density at radius 3 is 2.45 bits per heavy atom. The molecule has 1 aliphatic heterocycles. The molecule has 29 heavy (non-hydrogen) atoms. The van der Waals surface area contributed by atoms with Crippen molar-refractivity contribution >= 4 is 34.6 Å². The van der Waals surface area contributed by atoms with E-state index in [9.17, 15) is 4.79 Å². The molecule has 0 N–H and O–H groups in total. The summed E-state index contributed by atoms with van der Waals surface area (Å²) in [6.07, 6.45) is 1.85. The molecule has 1 fully saturated rings. The van der Waals surface area contributed by atoms with Gasteiger partial charge in [-0.2, -0.15) is 0 Å². The van der Waals surface area contributed by atoms with Gasteiger partial charge >= 0.3 is 0 Å². The number of nitrogens with zero attached hydrogens (tertiary/aromatic N) is 2. The summed E-state index contributed by atoms with van der Waals surface area (Å²) in [5, 5.41) is 0.695. The Labute approximate surface area is 176 Å². The van der Waals surface area contributed by atoms with Crippen molar-refractivity contribution in [2.75, 3.05) is 20.8 Å². The quantitative estimate of drug-likeness (QED) is 0.609. The fourth-order valence-corrected chi connectivity index (χ4v) is 4.01. The number of amides is 1. The van der Waals surface area contributed by atoms with Gasteiger partial charge in [0.05, 0.1) is 24.8 Å². The van der Waals surface area contributed by atoms with Gasteiger partial charge in [0, 0.05) is 12.1 Å². The van der Waals surface area contributed by atoms with Crippen LogP contribution in [-0.4, -0.2) is 36.7 Å². The summed E-state index contributed by atoms with van der Waals surface area (Å²) >= 11 is 1.39. The van der Waals surface area contributed by atoms with Crippen molar-refractivity contribution in [2.24, 2.45) is 10.9 Å². The predicted octanol–water partition coefficient (Wildman–Crippen LogP) is 5.27. The molecule has 1 amide bonds. The third-order valence-electron chi connectivity index (χ3n) is 4.41. The SMILES string of the molecule is COc1cccc(/C=C2/SC(=Nc3ccc(C)cc3)N(CC(C)C)C2=O)c1OC. The lowest BCUT2D eigenvalue weighted by atomic mass is 10.1. The highest BCUT2D eigenvalue weighted by molar-refractivity contribution is 8.18. The van der Waals surface area contributed by atoms with Crippen molar-refractivity contribution in [1.82, 2.24) is 4.90 Å². The maximum absolute atomic E-state index is 13.1. The van der Waals surface area contributed by atoms with Crippen LogP contribution in [0.1, 0.15) is 25.0 Å². The van der Waals surface area contributed by atoms with Crippen LogP contribution < -0.4 is 9.47 Å². The van der Waals surface area contributed by atoms with Crippen LogP contribution in [0, 0.1) is 12.8 Å². The Morgan fingerprint density at radius 1 is 1.10 bits per heavy atom. The molecule has 0 aliphatic carbocycles. The van der Waals surface area contributed by atoms with Crippen LogP contribution in [0.5, 0.6) is 11.5 Å². The third-order valence-corrected chi connectivity index (χ3v) is 5.42. The molecular weight excluding hydrogens is 384 g/mol. The second kappa shape index (κ2) is 9.18. The Hall–Kier alpha value is -2.73. The van der Waals surface area contributed by atoms with Crippen LogP contribution >= 0.6 is 11.8 Å². The molecule has 0 aromatic heterocycles. The van der Waals surface area contributed by atoms with Gasteiger partial charge in [0.1, 0.15) is 0 Å². The van der Waals surface area contributed by atoms with Crippen molar-refractivity contribution in [2.45, 2.75) is 20.8 Å². The van der Waals surface area contributed by atoms with Gasteiger partial charge in [0.15, 0.2) is 16.7 Å². The maximum Gasteiger partial charge on any atom is 0.266 e. The number of hydrogen-bond acceptors (Lipinski definition) is 5. The number of carbonyl (C=O) groups excluding carboxylic acids is 1. The lowest BCUT2D eigenvalue weighted by molar-refractivity contribution is -0.122. The summed E-state index contributed by atoms with van der Waals surface area (Å²) in [6, 6.07) is 13.6. The predicted molar refractivity (Wildman–Crippen MR) is 120 cm³/mol. The summed E-state index contributed by atoms with van der Waals surface area (Å²) in [7, 11) is 3.19. The van der Waals surface area contributed by atoms with Crippen molar-refractivity contribution in [1.29, 1.82) is 0 Å². The van der Waals surface area contributed by atoms with Gasteiger partial charge in [0.2, 0.25) is 0 Å². The van der Waals surface area contributed by atoms with Gasteiger partial charge in [-0.05, 0) is 48.9 Å². The van der Waals surface area contributed by atoms with E-state index in [0.29, 0.717) is 34.0 Å². The van der Waals surface area contributed by atoms with E-state index in [4.69, 9.17) is 14.5 Å². The Bertz CT molecular complexity index is 949. The molecular formula is C23H26N2O3S. The zero-order valence-corrected chi connectivity index (χ0v) is 18.2. The summed E-state index contributed by atoms with van der Waals surface area (Å²) in [4.78, 5) is 20.2. The molecule has 0 atom stereocenters. The summed E-state index contributed by atoms with van der Waals surface area (Å²) in [5.41, 5.74) is 2.80. The van der Waals surface area contributed by atoms with E-state index < -0.39 is 0 Å². The topological polar surface area (TPSA) is 51.1 Å². The molecule has 0 spiro atoms. The number of aliphatic imine (C=N–C) groups is 1. The minimum atomic E-state index is -0.0422. The third kappa shape index (κ3) is 4.82. The molecule has 0 unspecified atom stereocenters. The number of para-hydroxylation sites is 1. The normalized spacial score (nSPS) is 16.9. The second-order valence-corrected chi connectivity index (χ2v) is 8.24. The zero-order valence-electron chi connectivity index (χ0n) is 17.4. The molecule has 2 aromatic rings. The lowest BCUT2D eigenvalue weighted by Crippen LogP contribution is -2.32. The van der Waals surface area contributed by atoms with E-state index in [0.717, 1.165) is 11.3 Å². The minimum absolute atomic E-state index is 0.0422. The number of benzene rings is 2. The highest BCUT2D eigenvalue weighted by Crippen LogP contribution is 2.38. The number of ether oxygens (including phenoxy) is 2. The van der Waals surface area contributed by atoms with E-state index in [2.05, 4.69) is 13.8 Å². The molecule has 1 aliphatic rings. The Balaban J connectivity index is 2.00. The van der Waals surface area contributed by atoms with Crippen LogP contribution in [0.3, 0.4) is 0 Å². The highest BCUT2D eigenvalue weighted by atomic mass is 32.2. The fourth-order valence-electron chi connectivity index (χ4n) is 3.01. The fraction of sp³-hybridized carbons (Fsp3) is 0.304. The van der Waals surface area contributed by atoms with Crippen molar-refractivity contribution < 1.29 is 14.3 Å². The Kier molecular flexibility index (Phi) is 6.64. The summed E-state index contributed by atoms with van der Waals surface area (Å²) in [6.45, 7) is 6.84. The first kappa shape index (κ1) is 21.0. The second-order valence-electron chi connectivity index (χ2n) is 7.23. The molecule has 3 rings (SSSR count). The maximum atomic E-state index is 13.1. The molecule has 6 heteroatoms. The number of carbonyl (C=O) groups is 1. The number of methoxy groups -OCH3 is 2. The van der Waals surface area contributed by atoms with Gasteiger partial charge in [-0.15, -0.1) is 0 Å². The first-order valence-electron chi connectivity index (χ1n) is 9.50. The summed E-state index contributed by atoms with van der Waals surface area (Å²) < 4.78 is 10.9. The smallest absolute Gasteiger partial charge is 0.266 e. The van der Waals surface area contributed by atoms with E-state index in [-0.39, 0.29) is 5.91 Å². The van der Waals surface area contributed by atoms with Crippen LogP contribution in [0.2, 0.25) is 0 Å². The van der Waals surface area contributed by atoms with Crippen molar-refractivity contribution in [3.05, 3.63) is 58.5 Å². The highest BCUT2D eigenvalue weighted by Gasteiger charge is 2.34. The van der Waals surface area contributed by atoms with Crippen LogP contribution in [0.4, 0.5) is 5.69 Å². The molecule has 1 heterocycles. The standard InChI is InChI=1S/C23H26N2O3S/c1-15(2)14-25-22(26)20(13-17-7-6-8-19(27-4)21(17)28-5)29-23(25)24-18-11-9-16(3)10-12-18/h6-13,15H,14H2,1-5H3/b20-13+,24-23?. The summed E-state index contributed by atoms with van der Waals surface area (Å²) in [5.74, 6) is 1.52. The van der Waals surface area contributed by atoms with E-state index in [1.54, 1.807) is 19.1 Å². The first-order chi connectivity index (χ1) is 13.9. The van der Waals surface area contributed by atoms with Gasteiger partial charge in [-0.25, -0.2) is 4.99 Å². The Morgan fingerprint density at radius 2 is 1.83 bits per heavy atom. The molecule has 152 valence electrons. The number of thioether (sulfide) groups is 1. The average molecular weight is 411 g/mol. The monoisotopic (exact) mass is 410 g/mol. The number of aryl methyl sites for hydroxylation is 1. The number of rotatable bonds is 6. The van der Waals surface area contributed by atoms with Gasteiger partial charge < -0.3 is 9.47 Å². The minimum Gasteiger partial charge on any atom is -0.493 e. The van der Waals surface area contributed by atoms with E-state index in [1.165, 1.54) is 17.3 Å². The lowest BCUT2D eigenvalue weighted by Gasteiger charge is -2.17. The molecule has 5 nitrogen and oxygen atoms in total. The van der Waals surface area contributed by atoms with Crippen molar-refractivity contribution in [3.8, 4) is 11.5 Å². The van der Waals surface area contributed by atoms with E-state index >= 15 is 0 Å². The van der Waals surface area contributed by atoms with Crippen LogP contribution in [0.15, 0.2) is 52.4 Å². The molecule has 1 saturated heterocycles. The van der Waals surface area contributed by atoms with Gasteiger partial charge in [-0.3, -0.25) is 9.69 Å².